The Kier molecular flexibility index (Phi) is 5.25. The number of nitrogens with one attached hydrogen (secondary N) is 1. The third-order valence-electron chi connectivity index (χ3n) is 4.66. The number of fused-ring (bicyclic) bond motifs is 1. The van der Waals surface area contributed by atoms with Gasteiger partial charge in [0.15, 0.2) is 0 Å². The molecule has 0 aliphatic carbocycles. The van der Waals surface area contributed by atoms with Crippen LogP contribution in [0, 0.1) is 6.92 Å². The second-order valence-electron chi connectivity index (χ2n) is 6.73. The molecule has 2 heterocycles. The van der Waals surface area contributed by atoms with E-state index in [4.69, 9.17) is 4.74 Å². The van der Waals surface area contributed by atoms with Gasteiger partial charge in [-0.05, 0) is 35.9 Å². The van der Waals surface area contributed by atoms with Crippen molar-refractivity contribution in [2.75, 3.05) is 31.2 Å². The third kappa shape index (κ3) is 4.14. The summed E-state index contributed by atoms with van der Waals surface area (Å²) >= 11 is 0. The van der Waals surface area contributed by atoms with Crippen molar-refractivity contribution in [3.8, 4) is 0 Å². The average Bonchev–Trinajstić information content (AvgIpc) is 2.72. The molecule has 0 saturated carbocycles. The molecule has 0 radical (unpaired) electrons. The molecule has 28 heavy (non-hydrogen) atoms. The highest BCUT2D eigenvalue weighted by molar-refractivity contribution is 7.89. The number of hydrogen-bond donors (Lipinski definition) is 1. The van der Waals surface area contributed by atoms with Gasteiger partial charge in [0.1, 0.15) is 0 Å². The minimum Gasteiger partial charge on any atom is -0.378 e. The molecule has 4 rings (SSSR count). The molecule has 3 aromatic rings. The van der Waals surface area contributed by atoms with Crippen LogP contribution < -0.4 is 9.62 Å². The molecule has 0 amide bonds. The zero-order valence-electron chi connectivity index (χ0n) is 15.6. The van der Waals surface area contributed by atoms with Crippen LogP contribution in [0.3, 0.4) is 0 Å². The Labute approximate surface area is 164 Å². The first-order chi connectivity index (χ1) is 13.5. The van der Waals surface area contributed by atoms with Crippen LogP contribution in [-0.2, 0) is 21.3 Å². The van der Waals surface area contributed by atoms with Crippen LogP contribution >= 0.6 is 0 Å². The van der Waals surface area contributed by atoms with Crippen molar-refractivity contribution in [3.05, 3.63) is 59.9 Å². The zero-order valence-corrected chi connectivity index (χ0v) is 16.4. The molecular weight excluding hydrogens is 376 g/mol. The van der Waals surface area contributed by atoms with Crippen LogP contribution in [0.2, 0.25) is 0 Å². The molecule has 0 unspecified atom stereocenters. The Balaban J connectivity index is 1.53. The minimum atomic E-state index is -3.64. The van der Waals surface area contributed by atoms with Gasteiger partial charge in [-0.2, -0.15) is 0 Å². The fourth-order valence-corrected chi connectivity index (χ4v) is 4.23. The largest absolute Gasteiger partial charge is 0.378 e. The summed E-state index contributed by atoms with van der Waals surface area (Å²) in [7, 11) is -3.64. The van der Waals surface area contributed by atoms with E-state index >= 15 is 0 Å². The Hall–Kier alpha value is -2.55. The smallest absolute Gasteiger partial charge is 0.240 e. The topological polar surface area (TPSA) is 84.4 Å². The van der Waals surface area contributed by atoms with E-state index < -0.39 is 10.0 Å². The first-order valence-corrected chi connectivity index (χ1v) is 10.7. The predicted molar refractivity (Wildman–Crippen MR) is 108 cm³/mol. The maximum Gasteiger partial charge on any atom is 0.240 e. The van der Waals surface area contributed by atoms with E-state index in [-0.39, 0.29) is 11.4 Å². The normalized spacial score (nSPS) is 15.1. The van der Waals surface area contributed by atoms with Gasteiger partial charge in [0, 0.05) is 18.8 Å². The Morgan fingerprint density at radius 2 is 1.79 bits per heavy atom. The van der Waals surface area contributed by atoms with Gasteiger partial charge in [-0.25, -0.2) is 23.1 Å². The van der Waals surface area contributed by atoms with Crippen LogP contribution in [0.15, 0.2) is 53.4 Å². The van der Waals surface area contributed by atoms with Gasteiger partial charge in [0.05, 0.1) is 30.3 Å². The van der Waals surface area contributed by atoms with Crippen molar-refractivity contribution in [3.63, 3.8) is 0 Å². The van der Waals surface area contributed by atoms with E-state index in [0.717, 1.165) is 29.6 Å². The zero-order chi connectivity index (χ0) is 19.6. The number of aryl methyl sites for hydroxylation is 1. The first kappa shape index (κ1) is 18.8. The van der Waals surface area contributed by atoms with Crippen LogP contribution in [-0.4, -0.2) is 44.7 Å². The average molecular weight is 398 g/mol. The van der Waals surface area contributed by atoms with E-state index in [1.54, 1.807) is 18.2 Å². The molecule has 1 saturated heterocycles. The highest BCUT2D eigenvalue weighted by atomic mass is 32.2. The van der Waals surface area contributed by atoms with E-state index in [0.29, 0.717) is 24.9 Å². The minimum absolute atomic E-state index is 0.107. The summed E-state index contributed by atoms with van der Waals surface area (Å²) in [5, 5.41) is 1.89. The van der Waals surface area contributed by atoms with E-state index in [1.165, 1.54) is 0 Å². The maximum atomic E-state index is 12.7. The number of anilines is 1. The fraction of sp³-hybridized carbons (Fsp3) is 0.300. The lowest BCUT2D eigenvalue weighted by molar-refractivity contribution is 0.122. The number of benzene rings is 2. The van der Waals surface area contributed by atoms with Crippen molar-refractivity contribution >= 4 is 26.7 Å². The first-order valence-electron chi connectivity index (χ1n) is 9.17. The molecule has 1 N–H and O–H groups in total. The number of hydrogen-bond acceptors (Lipinski definition) is 6. The quantitative estimate of drug-likeness (QED) is 0.710. The molecular formula is C20H22N4O3S. The molecule has 8 heteroatoms. The van der Waals surface area contributed by atoms with Gasteiger partial charge in [0.2, 0.25) is 16.0 Å². The molecule has 2 aromatic carbocycles. The lowest BCUT2D eigenvalue weighted by atomic mass is 10.1. The summed E-state index contributed by atoms with van der Waals surface area (Å²) in [6.07, 6.45) is 0. The number of rotatable bonds is 5. The molecule has 0 bridgehead atoms. The Morgan fingerprint density at radius 1 is 1.04 bits per heavy atom. The van der Waals surface area contributed by atoms with Gasteiger partial charge in [-0.3, -0.25) is 0 Å². The monoisotopic (exact) mass is 398 g/mol. The van der Waals surface area contributed by atoms with Crippen LogP contribution in [0.1, 0.15) is 11.4 Å². The number of aromatic nitrogens is 2. The highest BCUT2D eigenvalue weighted by Crippen LogP contribution is 2.19. The second-order valence-corrected chi connectivity index (χ2v) is 8.50. The SMILES string of the molecule is Cc1cc(CNS(=O)(=O)c2ccc3ccccc3c2)nc(N2CCOCC2)n1. The molecule has 1 aliphatic heterocycles. The van der Waals surface area contributed by atoms with Crippen LogP contribution in [0.4, 0.5) is 5.95 Å². The molecule has 1 aromatic heterocycles. The molecule has 7 nitrogen and oxygen atoms in total. The molecule has 1 aliphatic rings. The summed E-state index contributed by atoms with van der Waals surface area (Å²) in [6, 6.07) is 14.6. The van der Waals surface area contributed by atoms with E-state index in [2.05, 4.69) is 19.6 Å². The van der Waals surface area contributed by atoms with Crippen molar-refractivity contribution in [2.45, 2.75) is 18.4 Å². The van der Waals surface area contributed by atoms with Gasteiger partial charge in [0.25, 0.3) is 0 Å². The van der Waals surface area contributed by atoms with Gasteiger partial charge in [-0.15, -0.1) is 0 Å². The molecule has 0 spiro atoms. The molecule has 0 atom stereocenters. The van der Waals surface area contributed by atoms with Crippen molar-refractivity contribution in [2.24, 2.45) is 0 Å². The standard InChI is InChI=1S/C20H22N4O3S/c1-15-12-18(23-20(22-15)24-8-10-27-11-9-24)14-21-28(25,26)19-7-6-16-4-2-3-5-17(16)13-19/h2-7,12-13,21H,8-11,14H2,1H3. The van der Waals surface area contributed by atoms with E-state index in [1.807, 2.05) is 37.3 Å². The molecule has 146 valence electrons. The summed E-state index contributed by atoms with van der Waals surface area (Å²) in [5.41, 5.74) is 1.44. The second kappa shape index (κ2) is 7.83. The third-order valence-corrected chi connectivity index (χ3v) is 6.06. The van der Waals surface area contributed by atoms with Gasteiger partial charge in [-0.1, -0.05) is 30.3 Å². The van der Waals surface area contributed by atoms with Crippen molar-refractivity contribution < 1.29 is 13.2 Å². The number of morpholine rings is 1. The summed E-state index contributed by atoms with van der Waals surface area (Å²) in [6.45, 7) is 4.72. The van der Waals surface area contributed by atoms with E-state index in [9.17, 15) is 8.42 Å². The Morgan fingerprint density at radius 3 is 2.57 bits per heavy atom. The van der Waals surface area contributed by atoms with Crippen molar-refractivity contribution in [1.82, 2.24) is 14.7 Å². The van der Waals surface area contributed by atoms with Gasteiger partial charge < -0.3 is 9.64 Å². The lowest BCUT2D eigenvalue weighted by Gasteiger charge is -2.27. The van der Waals surface area contributed by atoms with Crippen LogP contribution in [0.5, 0.6) is 0 Å². The summed E-state index contributed by atoms with van der Waals surface area (Å²) < 4.78 is 33.5. The summed E-state index contributed by atoms with van der Waals surface area (Å²) in [5.74, 6) is 0.614. The maximum absolute atomic E-state index is 12.7. The molecule has 1 fully saturated rings. The fourth-order valence-electron chi connectivity index (χ4n) is 3.20. The Bertz CT molecular complexity index is 1100. The predicted octanol–water partition coefficient (Wildman–Crippen LogP) is 2.25. The number of ether oxygens (including phenoxy) is 1. The highest BCUT2D eigenvalue weighted by Gasteiger charge is 2.17. The van der Waals surface area contributed by atoms with Crippen LogP contribution in [0.25, 0.3) is 10.8 Å². The van der Waals surface area contributed by atoms with Gasteiger partial charge >= 0.3 is 0 Å². The lowest BCUT2D eigenvalue weighted by Crippen LogP contribution is -2.37. The van der Waals surface area contributed by atoms with Crippen molar-refractivity contribution in [1.29, 1.82) is 0 Å². The number of sulfonamides is 1. The summed E-state index contributed by atoms with van der Waals surface area (Å²) in [4.78, 5) is 11.3. The number of nitrogens with zero attached hydrogens (tertiary/aromatic N) is 3.